The van der Waals surface area contributed by atoms with E-state index in [9.17, 15) is 13.2 Å². The van der Waals surface area contributed by atoms with Gasteiger partial charge in [-0.1, -0.05) is 18.7 Å². The van der Waals surface area contributed by atoms with Gasteiger partial charge < -0.3 is 4.74 Å². The lowest BCUT2D eigenvalue weighted by atomic mass is 9.49. The van der Waals surface area contributed by atoms with Crippen molar-refractivity contribution in [1.82, 2.24) is 0 Å². The van der Waals surface area contributed by atoms with Crippen LogP contribution in [-0.2, 0) is 23.8 Å². The fourth-order valence-corrected chi connectivity index (χ4v) is 7.01. The van der Waals surface area contributed by atoms with E-state index in [1.807, 2.05) is 13.0 Å². The number of ether oxygens (including phenoxy) is 1. The second-order valence-corrected chi connectivity index (χ2v) is 10.7. The van der Waals surface area contributed by atoms with Gasteiger partial charge in [0.05, 0.1) is 4.90 Å². The van der Waals surface area contributed by atoms with Crippen LogP contribution in [0.1, 0.15) is 51.0 Å². The molecule has 5 nitrogen and oxygen atoms in total. The zero-order valence-corrected chi connectivity index (χ0v) is 17.3. The second kappa shape index (κ2) is 6.99. The summed E-state index contributed by atoms with van der Waals surface area (Å²) < 4.78 is 37.3. The predicted octanol–water partition coefficient (Wildman–Crippen LogP) is 4.36. The predicted molar refractivity (Wildman–Crippen MR) is 105 cm³/mol. The Kier molecular flexibility index (Phi) is 4.91. The molecule has 4 bridgehead atoms. The van der Waals surface area contributed by atoms with Crippen LogP contribution in [0.4, 0.5) is 0 Å². The van der Waals surface area contributed by atoms with E-state index in [4.69, 9.17) is 8.92 Å². The number of hydrogen-bond donors (Lipinski definition) is 0. The van der Waals surface area contributed by atoms with Crippen molar-refractivity contribution in [2.45, 2.75) is 63.6 Å². The molecule has 0 amide bonds. The average molecular weight is 405 g/mol. The molecule has 28 heavy (non-hydrogen) atoms. The van der Waals surface area contributed by atoms with Crippen molar-refractivity contribution in [2.24, 2.45) is 23.2 Å². The molecule has 0 spiro atoms. The van der Waals surface area contributed by atoms with Crippen LogP contribution in [0.3, 0.4) is 0 Å². The SMILES string of the molecule is C=C(C)C(=O)OC(OS(=O)(=O)c1cccc(C)c1)C12CC3CC(CC(C3)C1)C2. The van der Waals surface area contributed by atoms with Gasteiger partial charge >= 0.3 is 5.97 Å². The summed E-state index contributed by atoms with van der Waals surface area (Å²) in [5.74, 6) is 1.12. The molecule has 4 saturated carbocycles. The van der Waals surface area contributed by atoms with Gasteiger partial charge in [0, 0.05) is 11.0 Å². The van der Waals surface area contributed by atoms with E-state index in [2.05, 4.69) is 6.58 Å². The molecule has 4 aliphatic carbocycles. The van der Waals surface area contributed by atoms with Crippen LogP contribution in [0.25, 0.3) is 0 Å². The molecule has 6 heteroatoms. The molecule has 1 aromatic carbocycles. The van der Waals surface area contributed by atoms with Crippen molar-refractivity contribution in [3.63, 3.8) is 0 Å². The Labute approximate surface area is 167 Å². The Bertz CT molecular complexity index is 866. The maximum absolute atomic E-state index is 13.0. The largest absolute Gasteiger partial charge is 0.431 e. The minimum atomic E-state index is -4.05. The maximum Gasteiger partial charge on any atom is 0.335 e. The third-order valence-corrected chi connectivity index (χ3v) is 7.90. The molecule has 0 aromatic heterocycles. The van der Waals surface area contributed by atoms with E-state index in [0.717, 1.165) is 24.8 Å². The number of hydrogen-bond acceptors (Lipinski definition) is 5. The number of carbonyl (C=O) groups is 1. The number of rotatable bonds is 6. The van der Waals surface area contributed by atoms with Crippen molar-refractivity contribution >= 4 is 16.1 Å². The third-order valence-electron chi connectivity index (χ3n) is 6.64. The van der Waals surface area contributed by atoms with Crippen molar-refractivity contribution in [1.29, 1.82) is 0 Å². The lowest BCUT2D eigenvalue weighted by Crippen LogP contribution is -2.54. The van der Waals surface area contributed by atoms with Gasteiger partial charge in [0.1, 0.15) is 0 Å². The number of esters is 1. The summed E-state index contributed by atoms with van der Waals surface area (Å²) >= 11 is 0. The molecule has 0 aliphatic heterocycles. The van der Waals surface area contributed by atoms with Gasteiger partial charge in [0.25, 0.3) is 10.1 Å². The highest BCUT2D eigenvalue weighted by atomic mass is 32.2. The fourth-order valence-electron chi connectivity index (χ4n) is 5.85. The van der Waals surface area contributed by atoms with Gasteiger partial charge in [0.2, 0.25) is 6.29 Å². The zero-order chi connectivity index (χ0) is 20.1. The average Bonchev–Trinajstić information content (AvgIpc) is 2.59. The summed E-state index contributed by atoms with van der Waals surface area (Å²) in [6.45, 7) is 7.03. The number of aryl methyl sites for hydroxylation is 1. The first kappa shape index (κ1) is 19.6. The van der Waals surface area contributed by atoms with E-state index in [1.165, 1.54) is 25.3 Å². The quantitative estimate of drug-likeness (QED) is 0.305. The molecule has 1 aromatic rings. The molecule has 4 aliphatic rings. The summed E-state index contributed by atoms with van der Waals surface area (Å²) in [7, 11) is -4.05. The highest BCUT2D eigenvalue weighted by Gasteiger charge is 2.57. The normalized spacial score (nSPS) is 32.1. The lowest BCUT2D eigenvalue weighted by Gasteiger charge is -2.57. The van der Waals surface area contributed by atoms with Crippen LogP contribution in [-0.4, -0.2) is 20.7 Å². The van der Waals surface area contributed by atoms with Crippen LogP contribution in [0.15, 0.2) is 41.3 Å². The van der Waals surface area contributed by atoms with E-state index >= 15 is 0 Å². The Morgan fingerprint density at radius 3 is 2.21 bits per heavy atom. The topological polar surface area (TPSA) is 69.7 Å². The first-order chi connectivity index (χ1) is 13.2. The minimum Gasteiger partial charge on any atom is -0.431 e. The van der Waals surface area contributed by atoms with Crippen LogP contribution >= 0.6 is 0 Å². The maximum atomic E-state index is 13.0. The van der Waals surface area contributed by atoms with Crippen LogP contribution in [0.5, 0.6) is 0 Å². The summed E-state index contributed by atoms with van der Waals surface area (Å²) in [5.41, 5.74) is 0.651. The monoisotopic (exact) mass is 404 g/mol. The summed E-state index contributed by atoms with van der Waals surface area (Å²) in [6.07, 6.45) is 5.07. The Hall–Kier alpha value is -1.66. The van der Waals surface area contributed by atoms with E-state index in [-0.39, 0.29) is 10.5 Å². The van der Waals surface area contributed by atoms with Gasteiger partial charge in [-0.05, 0) is 87.8 Å². The molecular weight excluding hydrogens is 376 g/mol. The van der Waals surface area contributed by atoms with E-state index in [1.54, 1.807) is 19.1 Å². The molecule has 0 N–H and O–H groups in total. The van der Waals surface area contributed by atoms with Gasteiger partial charge in [-0.15, -0.1) is 0 Å². The van der Waals surface area contributed by atoms with Gasteiger partial charge in [-0.2, -0.15) is 8.42 Å². The molecule has 5 rings (SSSR count). The molecular formula is C22H28O5S. The molecule has 0 radical (unpaired) electrons. The van der Waals surface area contributed by atoms with Crippen LogP contribution in [0.2, 0.25) is 0 Å². The van der Waals surface area contributed by atoms with Crippen molar-refractivity contribution in [3.05, 3.63) is 42.0 Å². The lowest BCUT2D eigenvalue weighted by molar-refractivity contribution is -0.212. The summed E-state index contributed by atoms with van der Waals surface area (Å²) in [5, 5.41) is 0. The molecule has 0 heterocycles. The Morgan fingerprint density at radius 1 is 1.14 bits per heavy atom. The molecule has 4 fully saturated rings. The van der Waals surface area contributed by atoms with Gasteiger partial charge in [-0.25, -0.2) is 8.98 Å². The number of carbonyl (C=O) groups excluding carboxylic acids is 1. The van der Waals surface area contributed by atoms with E-state index < -0.39 is 27.8 Å². The molecule has 1 atom stereocenters. The fraction of sp³-hybridized carbons (Fsp3) is 0.591. The van der Waals surface area contributed by atoms with Crippen molar-refractivity contribution < 1.29 is 22.1 Å². The molecule has 152 valence electrons. The van der Waals surface area contributed by atoms with Crippen molar-refractivity contribution in [3.8, 4) is 0 Å². The summed E-state index contributed by atoms with van der Waals surface area (Å²) in [6, 6.07) is 6.61. The highest BCUT2D eigenvalue weighted by Crippen LogP contribution is 2.62. The second-order valence-electron chi connectivity index (χ2n) is 9.16. The molecule has 0 saturated heterocycles. The van der Waals surface area contributed by atoms with Crippen molar-refractivity contribution in [2.75, 3.05) is 0 Å². The highest BCUT2D eigenvalue weighted by molar-refractivity contribution is 7.86. The van der Waals surface area contributed by atoms with E-state index in [0.29, 0.717) is 17.8 Å². The number of benzene rings is 1. The molecule has 1 unspecified atom stereocenters. The first-order valence-corrected chi connectivity index (χ1v) is 11.4. The first-order valence-electron chi connectivity index (χ1n) is 10.0. The van der Waals surface area contributed by atoms with Crippen LogP contribution < -0.4 is 0 Å². The summed E-state index contributed by atoms with van der Waals surface area (Å²) in [4.78, 5) is 12.4. The zero-order valence-electron chi connectivity index (χ0n) is 16.5. The van der Waals surface area contributed by atoms with Gasteiger partial charge in [0.15, 0.2) is 0 Å². The smallest absolute Gasteiger partial charge is 0.335 e. The minimum absolute atomic E-state index is 0.0913. The van der Waals surface area contributed by atoms with Gasteiger partial charge in [-0.3, -0.25) is 0 Å². The van der Waals surface area contributed by atoms with Crippen LogP contribution in [0, 0.1) is 30.1 Å². The Morgan fingerprint density at radius 2 is 1.71 bits per heavy atom. The standard InChI is InChI=1S/C22H28O5S/c1-14(2)20(23)26-21(27-28(24,25)19-6-4-5-15(3)7-19)22-11-16-8-17(12-22)10-18(9-16)13-22/h4-7,16-18,21H,1,8-13H2,2-3H3. The third kappa shape index (κ3) is 3.64. The Balaban J connectivity index is 1.66.